The van der Waals surface area contributed by atoms with Crippen LogP contribution in [-0.4, -0.2) is 16.5 Å². The van der Waals surface area contributed by atoms with Gasteiger partial charge in [-0.3, -0.25) is 0 Å². The summed E-state index contributed by atoms with van der Waals surface area (Å²) in [5.41, 5.74) is 0.725. The third kappa shape index (κ3) is 3.42. The van der Waals surface area contributed by atoms with E-state index < -0.39 is 0 Å². The molecule has 0 aliphatic carbocycles. The first-order valence-corrected chi connectivity index (χ1v) is 7.17. The summed E-state index contributed by atoms with van der Waals surface area (Å²) in [6.07, 6.45) is 1.46. The monoisotopic (exact) mass is 388 g/mol. The highest BCUT2D eigenvalue weighted by Gasteiger charge is 2.10. The fourth-order valence-electron chi connectivity index (χ4n) is 1.47. The lowest BCUT2D eigenvalue weighted by atomic mass is 10.3. The highest BCUT2D eigenvalue weighted by molar-refractivity contribution is 9.11. The lowest BCUT2D eigenvalue weighted by Gasteiger charge is -2.12. The van der Waals surface area contributed by atoms with E-state index >= 15 is 0 Å². The molecule has 4 nitrogen and oxygen atoms in total. The van der Waals surface area contributed by atoms with Gasteiger partial charge in [0.15, 0.2) is 0 Å². The SMILES string of the molecule is CCNc1ncnc(Nc2ccc(F)cc2Br)c1Br. The van der Waals surface area contributed by atoms with Gasteiger partial charge >= 0.3 is 0 Å². The molecular weight excluding hydrogens is 379 g/mol. The molecule has 1 heterocycles. The first-order valence-electron chi connectivity index (χ1n) is 5.58. The number of nitrogens with zero attached hydrogens (tertiary/aromatic N) is 2. The molecule has 100 valence electrons. The third-order valence-corrected chi connectivity index (χ3v) is 3.73. The number of halogens is 3. The summed E-state index contributed by atoms with van der Waals surface area (Å²) in [5.74, 6) is 1.02. The number of rotatable bonds is 4. The molecule has 0 amide bonds. The average Bonchev–Trinajstić information content (AvgIpc) is 2.37. The summed E-state index contributed by atoms with van der Waals surface area (Å²) in [6, 6.07) is 4.41. The summed E-state index contributed by atoms with van der Waals surface area (Å²) in [6.45, 7) is 2.74. The van der Waals surface area contributed by atoms with E-state index in [1.807, 2.05) is 6.92 Å². The number of hydrogen-bond acceptors (Lipinski definition) is 4. The smallest absolute Gasteiger partial charge is 0.150 e. The molecule has 0 saturated heterocycles. The van der Waals surface area contributed by atoms with E-state index in [9.17, 15) is 4.39 Å². The Hall–Kier alpha value is -1.21. The number of benzene rings is 1. The van der Waals surface area contributed by atoms with Crippen molar-refractivity contribution in [1.82, 2.24) is 9.97 Å². The molecule has 1 aromatic carbocycles. The molecule has 0 aliphatic rings. The Bertz CT molecular complexity index is 592. The van der Waals surface area contributed by atoms with Gasteiger partial charge < -0.3 is 10.6 Å². The number of anilines is 3. The molecule has 0 bridgehead atoms. The van der Waals surface area contributed by atoms with Crippen molar-refractivity contribution in [3.63, 3.8) is 0 Å². The average molecular weight is 390 g/mol. The second-order valence-electron chi connectivity index (χ2n) is 3.66. The molecule has 19 heavy (non-hydrogen) atoms. The van der Waals surface area contributed by atoms with Crippen molar-refractivity contribution in [2.75, 3.05) is 17.2 Å². The highest BCUT2D eigenvalue weighted by Crippen LogP contribution is 2.31. The van der Waals surface area contributed by atoms with Gasteiger partial charge in [-0.05, 0) is 57.0 Å². The quantitative estimate of drug-likeness (QED) is 0.817. The Morgan fingerprint density at radius 3 is 2.63 bits per heavy atom. The van der Waals surface area contributed by atoms with Crippen LogP contribution >= 0.6 is 31.9 Å². The van der Waals surface area contributed by atoms with Crippen LogP contribution in [0.25, 0.3) is 0 Å². The maximum absolute atomic E-state index is 13.0. The predicted octanol–water partition coefficient (Wildman–Crippen LogP) is 4.32. The molecule has 0 atom stereocenters. The molecule has 2 rings (SSSR count). The predicted molar refractivity (Wildman–Crippen MR) is 81.3 cm³/mol. The molecule has 2 aromatic rings. The van der Waals surface area contributed by atoms with Gasteiger partial charge in [0.05, 0.1) is 5.69 Å². The molecule has 0 spiro atoms. The zero-order chi connectivity index (χ0) is 13.8. The standard InChI is InChI=1S/C12H11Br2FN4/c1-2-16-11-10(14)12(18-6-17-11)19-9-4-3-7(15)5-8(9)13/h3-6H,2H2,1H3,(H2,16,17,18,19). The summed E-state index contributed by atoms with van der Waals surface area (Å²) < 4.78 is 14.4. The normalized spacial score (nSPS) is 10.3. The molecular formula is C12H11Br2FN4. The van der Waals surface area contributed by atoms with Gasteiger partial charge in [0.2, 0.25) is 0 Å². The molecule has 1 aromatic heterocycles. The van der Waals surface area contributed by atoms with Crippen LogP contribution in [0.3, 0.4) is 0 Å². The minimum absolute atomic E-state index is 0.299. The lowest BCUT2D eigenvalue weighted by molar-refractivity contribution is 0.627. The van der Waals surface area contributed by atoms with E-state index in [4.69, 9.17) is 0 Å². The minimum Gasteiger partial charge on any atom is -0.369 e. The second kappa shape index (κ2) is 6.29. The lowest BCUT2D eigenvalue weighted by Crippen LogP contribution is -2.04. The van der Waals surface area contributed by atoms with Crippen molar-refractivity contribution in [2.45, 2.75) is 6.92 Å². The fourth-order valence-corrected chi connectivity index (χ4v) is 2.36. The maximum atomic E-state index is 13.0. The number of aromatic nitrogens is 2. The third-order valence-electron chi connectivity index (χ3n) is 2.32. The van der Waals surface area contributed by atoms with Gasteiger partial charge in [0.1, 0.15) is 28.3 Å². The molecule has 0 unspecified atom stereocenters. The van der Waals surface area contributed by atoms with Crippen LogP contribution in [0, 0.1) is 5.82 Å². The van der Waals surface area contributed by atoms with Gasteiger partial charge in [-0.1, -0.05) is 0 Å². The van der Waals surface area contributed by atoms with E-state index in [0.717, 1.165) is 16.7 Å². The van der Waals surface area contributed by atoms with E-state index in [2.05, 4.69) is 52.5 Å². The fraction of sp³-hybridized carbons (Fsp3) is 0.167. The summed E-state index contributed by atoms with van der Waals surface area (Å²) in [7, 11) is 0. The van der Waals surface area contributed by atoms with Gasteiger partial charge in [-0.2, -0.15) is 0 Å². The van der Waals surface area contributed by atoms with Crippen LogP contribution in [0.2, 0.25) is 0 Å². The Morgan fingerprint density at radius 2 is 1.95 bits per heavy atom. The van der Waals surface area contributed by atoms with Gasteiger partial charge in [-0.25, -0.2) is 14.4 Å². The number of nitrogens with one attached hydrogen (secondary N) is 2. The Labute approximate surface area is 127 Å². The summed E-state index contributed by atoms with van der Waals surface area (Å²) in [4.78, 5) is 8.28. The van der Waals surface area contributed by atoms with E-state index in [-0.39, 0.29) is 5.82 Å². The first kappa shape index (κ1) is 14.2. The van der Waals surface area contributed by atoms with Gasteiger partial charge in [0.25, 0.3) is 0 Å². The van der Waals surface area contributed by atoms with Gasteiger partial charge in [0, 0.05) is 11.0 Å². The van der Waals surface area contributed by atoms with Crippen LogP contribution in [0.15, 0.2) is 33.5 Å². The topological polar surface area (TPSA) is 49.8 Å². The van der Waals surface area contributed by atoms with Crippen LogP contribution in [0.1, 0.15) is 6.92 Å². The summed E-state index contributed by atoms with van der Waals surface area (Å²) >= 11 is 6.74. The van der Waals surface area contributed by atoms with E-state index in [1.54, 1.807) is 6.07 Å². The molecule has 0 radical (unpaired) electrons. The van der Waals surface area contributed by atoms with Crippen molar-refractivity contribution >= 4 is 49.2 Å². The van der Waals surface area contributed by atoms with Crippen LogP contribution < -0.4 is 10.6 Å². The van der Waals surface area contributed by atoms with E-state index in [1.165, 1.54) is 18.5 Å². The van der Waals surface area contributed by atoms with Crippen molar-refractivity contribution in [2.24, 2.45) is 0 Å². The molecule has 7 heteroatoms. The first-order chi connectivity index (χ1) is 9.11. The molecule has 0 saturated carbocycles. The van der Waals surface area contributed by atoms with Crippen molar-refractivity contribution in [3.8, 4) is 0 Å². The van der Waals surface area contributed by atoms with Crippen molar-refractivity contribution in [1.29, 1.82) is 0 Å². The second-order valence-corrected chi connectivity index (χ2v) is 5.31. The van der Waals surface area contributed by atoms with Crippen LogP contribution in [-0.2, 0) is 0 Å². The van der Waals surface area contributed by atoms with Crippen LogP contribution in [0.4, 0.5) is 21.7 Å². The summed E-state index contributed by atoms with van der Waals surface area (Å²) in [5, 5.41) is 6.23. The van der Waals surface area contributed by atoms with Crippen molar-refractivity contribution < 1.29 is 4.39 Å². The zero-order valence-electron chi connectivity index (χ0n) is 10.0. The minimum atomic E-state index is -0.299. The molecule has 2 N–H and O–H groups in total. The van der Waals surface area contributed by atoms with Crippen molar-refractivity contribution in [3.05, 3.63) is 39.3 Å². The Balaban J connectivity index is 2.30. The molecule has 0 fully saturated rings. The van der Waals surface area contributed by atoms with Crippen LogP contribution in [0.5, 0.6) is 0 Å². The maximum Gasteiger partial charge on any atom is 0.150 e. The Morgan fingerprint density at radius 1 is 1.21 bits per heavy atom. The largest absolute Gasteiger partial charge is 0.369 e. The van der Waals surface area contributed by atoms with E-state index in [0.29, 0.717) is 16.1 Å². The van der Waals surface area contributed by atoms with Gasteiger partial charge in [-0.15, -0.1) is 0 Å². The highest BCUT2D eigenvalue weighted by atomic mass is 79.9. The Kier molecular flexibility index (Phi) is 4.71. The number of hydrogen-bond donors (Lipinski definition) is 2. The molecule has 0 aliphatic heterocycles. The zero-order valence-corrected chi connectivity index (χ0v) is 13.2.